The van der Waals surface area contributed by atoms with Crippen molar-refractivity contribution in [2.45, 2.75) is 25.3 Å². The maximum atomic E-state index is 12.8. The van der Waals surface area contributed by atoms with Crippen molar-refractivity contribution in [2.75, 3.05) is 19.7 Å². The monoisotopic (exact) mass is 390 g/mol. The number of aromatic nitrogens is 2. The van der Waals surface area contributed by atoms with Gasteiger partial charge in [-0.25, -0.2) is 0 Å². The molecule has 0 unspecified atom stereocenters. The van der Waals surface area contributed by atoms with Crippen LogP contribution >= 0.6 is 12.4 Å². The Labute approximate surface area is 166 Å². The van der Waals surface area contributed by atoms with E-state index in [2.05, 4.69) is 15.7 Å². The van der Waals surface area contributed by atoms with Crippen LogP contribution in [0.25, 0.3) is 0 Å². The first-order valence-electron chi connectivity index (χ1n) is 9.38. The highest BCUT2D eigenvalue weighted by Crippen LogP contribution is 2.31. The molecule has 7 heteroatoms. The minimum absolute atomic E-state index is 0. The molecule has 2 atom stereocenters. The molecule has 2 N–H and O–H groups in total. The van der Waals surface area contributed by atoms with E-state index in [4.69, 9.17) is 4.74 Å². The zero-order valence-corrected chi connectivity index (χ0v) is 16.4. The van der Waals surface area contributed by atoms with Crippen molar-refractivity contribution in [3.8, 4) is 5.75 Å². The number of rotatable bonds is 7. The van der Waals surface area contributed by atoms with Gasteiger partial charge >= 0.3 is 0 Å². The van der Waals surface area contributed by atoms with E-state index in [1.807, 2.05) is 43.7 Å². The molecular weight excluding hydrogens is 364 g/mol. The average Bonchev–Trinajstić information content (AvgIpc) is 3.17. The van der Waals surface area contributed by atoms with E-state index in [1.165, 1.54) is 12.8 Å². The summed E-state index contributed by atoms with van der Waals surface area (Å²) in [7, 11) is 1.90. The van der Waals surface area contributed by atoms with Gasteiger partial charge in [0.05, 0.1) is 18.7 Å². The first kappa shape index (κ1) is 19.7. The molecule has 0 spiro atoms. The zero-order chi connectivity index (χ0) is 17.9. The molecule has 2 heterocycles. The lowest BCUT2D eigenvalue weighted by Crippen LogP contribution is -2.34. The van der Waals surface area contributed by atoms with Gasteiger partial charge in [-0.2, -0.15) is 5.10 Å². The first-order valence-corrected chi connectivity index (χ1v) is 9.38. The SMILES string of the molecule is Cl.Cn1cc([C@H]2CNC[C@@H]2C(=O)NCc2ccccc2OCC2CC2)cn1. The van der Waals surface area contributed by atoms with Gasteiger partial charge < -0.3 is 15.4 Å². The number of amides is 1. The van der Waals surface area contributed by atoms with Crippen LogP contribution in [-0.2, 0) is 18.4 Å². The molecule has 146 valence electrons. The molecule has 2 fully saturated rings. The summed E-state index contributed by atoms with van der Waals surface area (Å²) in [5.74, 6) is 1.78. The number of nitrogens with zero attached hydrogens (tertiary/aromatic N) is 2. The maximum absolute atomic E-state index is 12.8. The molecular formula is C20H27ClN4O2. The van der Waals surface area contributed by atoms with Gasteiger partial charge in [0, 0.05) is 44.4 Å². The number of benzene rings is 1. The molecule has 1 aliphatic carbocycles. The van der Waals surface area contributed by atoms with E-state index in [0.717, 1.165) is 30.0 Å². The van der Waals surface area contributed by atoms with Gasteiger partial charge in [-0.05, 0) is 30.4 Å². The van der Waals surface area contributed by atoms with Gasteiger partial charge in [0.15, 0.2) is 0 Å². The Morgan fingerprint density at radius 1 is 1.33 bits per heavy atom. The number of aryl methyl sites for hydroxylation is 1. The summed E-state index contributed by atoms with van der Waals surface area (Å²) in [5, 5.41) is 10.7. The highest BCUT2D eigenvalue weighted by Gasteiger charge is 2.34. The Bertz CT molecular complexity index is 775. The third-order valence-electron chi connectivity index (χ3n) is 5.30. The van der Waals surface area contributed by atoms with Gasteiger partial charge in [-0.15, -0.1) is 12.4 Å². The van der Waals surface area contributed by atoms with E-state index < -0.39 is 0 Å². The Kier molecular flexibility index (Phi) is 6.39. The van der Waals surface area contributed by atoms with Gasteiger partial charge in [0.2, 0.25) is 5.91 Å². The number of para-hydroxylation sites is 1. The fourth-order valence-corrected chi connectivity index (χ4v) is 3.53. The predicted octanol–water partition coefficient (Wildman–Crippen LogP) is 2.25. The second kappa shape index (κ2) is 8.76. The lowest BCUT2D eigenvalue weighted by Gasteiger charge is -2.18. The van der Waals surface area contributed by atoms with Crippen molar-refractivity contribution in [3.63, 3.8) is 0 Å². The van der Waals surface area contributed by atoms with E-state index in [1.54, 1.807) is 4.68 Å². The molecule has 0 radical (unpaired) electrons. The van der Waals surface area contributed by atoms with Gasteiger partial charge in [-0.1, -0.05) is 18.2 Å². The van der Waals surface area contributed by atoms with Crippen LogP contribution in [0, 0.1) is 11.8 Å². The summed E-state index contributed by atoms with van der Waals surface area (Å²) in [5.41, 5.74) is 2.15. The van der Waals surface area contributed by atoms with E-state index in [-0.39, 0.29) is 30.2 Å². The number of nitrogens with one attached hydrogen (secondary N) is 2. The number of carbonyl (C=O) groups is 1. The molecule has 0 bridgehead atoms. The average molecular weight is 391 g/mol. The fraction of sp³-hybridized carbons (Fsp3) is 0.500. The van der Waals surface area contributed by atoms with Crippen molar-refractivity contribution in [1.29, 1.82) is 0 Å². The van der Waals surface area contributed by atoms with E-state index in [0.29, 0.717) is 19.0 Å². The minimum Gasteiger partial charge on any atom is -0.493 e. The van der Waals surface area contributed by atoms with Gasteiger partial charge in [-0.3, -0.25) is 9.48 Å². The molecule has 1 amide bonds. The largest absolute Gasteiger partial charge is 0.493 e. The molecule has 1 aliphatic heterocycles. The highest BCUT2D eigenvalue weighted by molar-refractivity contribution is 5.85. The van der Waals surface area contributed by atoms with Crippen LogP contribution in [0.4, 0.5) is 0 Å². The Morgan fingerprint density at radius 2 is 2.15 bits per heavy atom. The number of hydrogen-bond donors (Lipinski definition) is 2. The number of carbonyl (C=O) groups excluding carboxylic acids is 1. The van der Waals surface area contributed by atoms with E-state index >= 15 is 0 Å². The first-order chi connectivity index (χ1) is 12.7. The molecule has 4 rings (SSSR count). The maximum Gasteiger partial charge on any atom is 0.225 e. The molecule has 6 nitrogen and oxygen atoms in total. The number of ether oxygens (including phenoxy) is 1. The molecule has 1 saturated heterocycles. The van der Waals surface area contributed by atoms with Crippen LogP contribution in [0.2, 0.25) is 0 Å². The lowest BCUT2D eigenvalue weighted by molar-refractivity contribution is -0.125. The smallest absolute Gasteiger partial charge is 0.225 e. The quantitative estimate of drug-likeness (QED) is 0.760. The van der Waals surface area contributed by atoms with Gasteiger partial charge in [0.1, 0.15) is 5.75 Å². The number of halogens is 1. The van der Waals surface area contributed by atoms with Crippen LogP contribution in [0.3, 0.4) is 0 Å². The van der Waals surface area contributed by atoms with Crippen LogP contribution in [0.5, 0.6) is 5.75 Å². The Morgan fingerprint density at radius 3 is 2.89 bits per heavy atom. The van der Waals surface area contributed by atoms with Crippen LogP contribution in [0.15, 0.2) is 36.7 Å². The molecule has 1 aromatic heterocycles. The summed E-state index contributed by atoms with van der Waals surface area (Å²) >= 11 is 0. The summed E-state index contributed by atoms with van der Waals surface area (Å²) in [4.78, 5) is 12.8. The van der Waals surface area contributed by atoms with Crippen LogP contribution in [-0.4, -0.2) is 35.4 Å². The second-order valence-corrected chi connectivity index (χ2v) is 7.40. The van der Waals surface area contributed by atoms with Crippen LogP contribution in [0.1, 0.15) is 29.9 Å². The Balaban J connectivity index is 0.00000210. The molecule has 1 saturated carbocycles. The van der Waals surface area contributed by atoms with Crippen molar-refractivity contribution >= 4 is 18.3 Å². The van der Waals surface area contributed by atoms with E-state index in [9.17, 15) is 4.79 Å². The summed E-state index contributed by atoms with van der Waals surface area (Å²) in [6.07, 6.45) is 6.39. The third kappa shape index (κ3) is 4.82. The standard InChI is InChI=1S/C20H26N4O2.ClH/c1-24-12-16(9-23-24)17-10-21-11-18(17)20(25)22-8-15-4-2-3-5-19(15)26-13-14-6-7-14;/h2-5,9,12,14,17-18,21H,6-8,10-11,13H2,1H3,(H,22,25);1H/t17-,18+;/m1./s1. The minimum atomic E-state index is -0.0706. The number of hydrogen-bond acceptors (Lipinski definition) is 4. The van der Waals surface area contributed by atoms with Crippen molar-refractivity contribution in [1.82, 2.24) is 20.4 Å². The van der Waals surface area contributed by atoms with Crippen molar-refractivity contribution < 1.29 is 9.53 Å². The zero-order valence-electron chi connectivity index (χ0n) is 15.6. The van der Waals surface area contributed by atoms with Gasteiger partial charge in [0.25, 0.3) is 0 Å². The molecule has 2 aromatic rings. The van der Waals surface area contributed by atoms with Crippen molar-refractivity contribution in [3.05, 3.63) is 47.8 Å². The van der Waals surface area contributed by atoms with Crippen LogP contribution < -0.4 is 15.4 Å². The lowest BCUT2D eigenvalue weighted by atomic mass is 9.90. The highest BCUT2D eigenvalue weighted by atomic mass is 35.5. The summed E-state index contributed by atoms with van der Waals surface area (Å²) < 4.78 is 7.73. The third-order valence-corrected chi connectivity index (χ3v) is 5.30. The normalized spacial score (nSPS) is 21.5. The summed E-state index contributed by atoms with van der Waals surface area (Å²) in [6, 6.07) is 7.97. The summed E-state index contributed by atoms with van der Waals surface area (Å²) in [6.45, 7) is 2.78. The predicted molar refractivity (Wildman–Crippen MR) is 106 cm³/mol. The molecule has 27 heavy (non-hydrogen) atoms. The topological polar surface area (TPSA) is 68.2 Å². The van der Waals surface area contributed by atoms with Crippen molar-refractivity contribution in [2.24, 2.45) is 18.9 Å². The fourth-order valence-electron chi connectivity index (χ4n) is 3.53. The Hall–Kier alpha value is -2.05. The second-order valence-electron chi connectivity index (χ2n) is 7.40. The molecule has 2 aliphatic rings. The molecule has 1 aromatic carbocycles.